The van der Waals surface area contributed by atoms with Crippen molar-refractivity contribution in [1.29, 1.82) is 0 Å². The average molecular weight is 312 g/mol. The molecule has 2 aromatic heterocycles. The summed E-state index contributed by atoms with van der Waals surface area (Å²) in [6, 6.07) is 1.61. The number of hydrogen-bond donors (Lipinski definition) is 2. The van der Waals surface area contributed by atoms with Gasteiger partial charge in [-0.2, -0.15) is 10.1 Å². The van der Waals surface area contributed by atoms with E-state index in [2.05, 4.69) is 20.7 Å². The molecular weight excluding hydrogens is 294 g/mol. The Morgan fingerprint density at radius 1 is 1.48 bits per heavy atom. The Labute approximate surface area is 128 Å². The van der Waals surface area contributed by atoms with Crippen molar-refractivity contribution in [3.05, 3.63) is 30.0 Å². The minimum Gasteiger partial charge on any atom is -0.472 e. The van der Waals surface area contributed by atoms with Gasteiger partial charge >= 0.3 is 0 Å². The van der Waals surface area contributed by atoms with Crippen LogP contribution in [0.3, 0.4) is 0 Å². The molecule has 1 aliphatic rings. The molecule has 3 heterocycles. The number of furan rings is 1. The summed E-state index contributed by atoms with van der Waals surface area (Å²) < 4.78 is 6.50. The number of carbonyl (C=O) groups is 1. The van der Waals surface area contributed by atoms with E-state index in [1.54, 1.807) is 17.8 Å². The van der Waals surface area contributed by atoms with Gasteiger partial charge in [0.2, 0.25) is 5.95 Å². The Bertz CT molecular complexity index is 590. The van der Waals surface area contributed by atoms with E-state index < -0.39 is 0 Å². The highest BCUT2D eigenvalue weighted by molar-refractivity contribution is 6.03. The summed E-state index contributed by atoms with van der Waals surface area (Å²) in [5.74, 6) is 1.38. The summed E-state index contributed by atoms with van der Waals surface area (Å²) in [4.78, 5) is 16.4. The number of carbonyl (C=O) groups excluding carboxylic acids is 1. The molecule has 0 spiro atoms. The molecule has 0 saturated carbocycles. The van der Waals surface area contributed by atoms with Crippen LogP contribution >= 0.6 is 12.4 Å². The van der Waals surface area contributed by atoms with Crippen molar-refractivity contribution >= 4 is 24.3 Å². The lowest BCUT2D eigenvalue weighted by Crippen LogP contribution is -2.27. The number of halogens is 1. The molecule has 1 amide bonds. The van der Waals surface area contributed by atoms with Gasteiger partial charge in [0, 0.05) is 13.0 Å². The van der Waals surface area contributed by atoms with E-state index in [0.717, 1.165) is 31.8 Å². The molecule has 3 rings (SSSR count). The molecule has 1 saturated heterocycles. The molecule has 7 nitrogen and oxygen atoms in total. The Morgan fingerprint density at radius 2 is 2.24 bits per heavy atom. The molecular formula is C13H18ClN5O2. The predicted molar refractivity (Wildman–Crippen MR) is 79.8 cm³/mol. The van der Waals surface area contributed by atoms with Gasteiger partial charge in [-0.15, -0.1) is 12.4 Å². The van der Waals surface area contributed by atoms with E-state index in [-0.39, 0.29) is 18.3 Å². The number of piperidine rings is 1. The number of aromatic nitrogens is 3. The van der Waals surface area contributed by atoms with Crippen LogP contribution in [0, 0.1) is 0 Å². The molecule has 0 aromatic carbocycles. The molecule has 0 atom stereocenters. The summed E-state index contributed by atoms with van der Waals surface area (Å²) in [6.45, 7) is 1.97. The first-order valence-corrected chi connectivity index (χ1v) is 6.69. The van der Waals surface area contributed by atoms with Crippen LogP contribution in [0.25, 0.3) is 0 Å². The lowest BCUT2D eigenvalue weighted by Gasteiger charge is -2.19. The van der Waals surface area contributed by atoms with Crippen molar-refractivity contribution in [2.24, 2.45) is 7.05 Å². The number of hydrogen-bond acceptors (Lipinski definition) is 5. The monoisotopic (exact) mass is 311 g/mol. The van der Waals surface area contributed by atoms with Gasteiger partial charge < -0.3 is 9.73 Å². The number of aryl methyl sites for hydroxylation is 1. The van der Waals surface area contributed by atoms with Crippen molar-refractivity contribution in [1.82, 2.24) is 20.1 Å². The number of nitrogens with zero attached hydrogens (tertiary/aromatic N) is 3. The number of amides is 1. The third kappa shape index (κ3) is 3.43. The smallest absolute Gasteiger partial charge is 0.261 e. The van der Waals surface area contributed by atoms with Crippen molar-refractivity contribution < 1.29 is 9.21 Å². The zero-order valence-corrected chi connectivity index (χ0v) is 12.5. The number of nitrogens with one attached hydrogen (secondary N) is 2. The van der Waals surface area contributed by atoms with Crippen LogP contribution in [-0.2, 0) is 7.05 Å². The minimum absolute atomic E-state index is 0. The fourth-order valence-electron chi connectivity index (χ4n) is 2.33. The first-order valence-electron chi connectivity index (χ1n) is 6.69. The maximum absolute atomic E-state index is 12.0. The fourth-order valence-corrected chi connectivity index (χ4v) is 2.33. The SMILES string of the molecule is Cl.Cn1nc(C2CCNCC2)nc1NC(=O)c1ccoc1. The molecule has 114 valence electrons. The lowest BCUT2D eigenvalue weighted by atomic mass is 9.98. The molecule has 2 N–H and O–H groups in total. The quantitative estimate of drug-likeness (QED) is 0.898. The third-order valence-electron chi connectivity index (χ3n) is 3.49. The maximum Gasteiger partial charge on any atom is 0.261 e. The minimum atomic E-state index is -0.244. The Hall–Kier alpha value is -1.86. The van der Waals surface area contributed by atoms with Crippen LogP contribution in [0.4, 0.5) is 5.95 Å². The topological polar surface area (TPSA) is 85.0 Å². The molecule has 2 aromatic rings. The summed E-state index contributed by atoms with van der Waals surface area (Å²) in [7, 11) is 1.78. The molecule has 0 unspecified atom stereocenters. The second-order valence-electron chi connectivity index (χ2n) is 4.91. The van der Waals surface area contributed by atoms with Gasteiger partial charge in [-0.25, -0.2) is 4.68 Å². The zero-order chi connectivity index (χ0) is 13.9. The van der Waals surface area contributed by atoms with E-state index >= 15 is 0 Å². The molecule has 1 fully saturated rings. The molecule has 1 aliphatic heterocycles. The van der Waals surface area contributed by atoms with Crippen molar-refractivity contribution in [3.63, 3.8) is 0 Å². The standard InChI is InChI=1S/C13H17N5O2.ClH/c1-18-13(16-12(19)10-4-7-20-8-10)15-11(17-18)9-2-5-14-6-3-9;/h4,7-9,14H,2-3,5-6H2,1H3,(H,15,16,17,19);1H. The van der Waals surface area contributed by atoms with E-state index in [1.165, 1.54) is 12.5 Å². The molecule has 8 heteroatoms. The highest BCUT2D eigenvalue weighted by Gasteiger charge is 2.21. The van der Waals surface area contributed by atoms with Gasteiger partial charge in [0.05, 0.1) is 11.8 Å². The van der Waals surface area contributed by atoms with Crippen LogP contribution in [0.15, 0.2) is 23.0 Å². The second-order valence-corrected chi connectivity index (χ2v) is 4.91. The lowest BCUT2D eigenvalue weighted by molar-refractivity contribution is 0.102. The van der Waals surface area contributed by atoms with Crippen molar-refractivity contribution in [3.8, 4) is 0 Å². The number of rotatable bonds is 3. The fraction of sp³-hybridized carbons (Fsp3) is 0.462. The van der Waals surface area contributed by atoms with E-state index in [4.69, 9.17) is 4.42 Å². The van der Waals surface area contributed by atoms with E-state index in [1.807, 2.05) is 0 Å². The molecule has 0 bridgehead atoms. The van der Waals surface area contributed by atoms with E-state index in [0.29, 0.717) is 17.4 Å². The van der Waals surface area contributed by atoms with Crippen LogP contribution < -0.4 is 10.6 Å². The molecule has 0 aliphatic carbocycles. The Morgan fingerprint density at radius 3 is 2.90 bits per heavy atom. The van der Waals surface area contributed by atoms with Crippen molar-refractivity contribution in [2.45, 2.75) is 18.8 Å². The van der Waals surface area contributed by atoms with Gasteiger partial charge in [-0.1, -0.05) is 0 Å². The number of anilines is 1. The highest BCUT2D eigenvalue weighted by atomic mass is 35.5. The van der Waals surface area contributed by atoms with Gasteiger partial charge in [-0.3, -0.25) is 10.1 Å². The summed E-state index contributed by atoms with van der Waals surface area (Å²) in [6.07, 6.45) is 4.92. The maximum atomic E-state index is 12.0. The van der Waals surface area contributed by atoms with Crippen LogP contribution in [-0.4, -0.2) is 33.8 Å². The Kier molecular flexibility index (Phi) is 4.98. The van der Waals surface area contributed by atoms with Crippen LogP contribution in [0.5, 0.6) is 0 Å². The molecule has 21 heavy (non-hydrogen) atoms. The highest BCUT2D eigenvalue weighted by Crippen LogP contribution is 2.23. The average Bonchev–Trinajstić information content (AvgIpc) is 3.10. The largest absolute Gasteiger partial charge is 0.472 e. The zero-order valence-electron chi connectivity index (χ0n) is 11.7. The van der Waals surface area contributed by atoms with E-state index in [9.17, 15) is 4.79 Å². The third-order valence-corrected chi connectivity index (χ3v) is 3.49. The van der Waals surface area contributed by atoms with Gasteiger partial charge in [0.1, 0.15) is 6.26 Å². The normalized spacial score (nSPS) is 15.5. The summed E-state index contributed by atoms with van der Waals surface area (Å²) in [5, 5.41) is 10.5. The Balaban J connectivity index is 0.00000161. The summed E-state index contributed by atoms with van der Waals surface area (Å²) in [5.41, 5.74) is 0.469. The predicted octanol–water partition coefficient (Wildman–Crippen LogP) is 1.55. The van der Waals surface area contributed by atoms with Crippen LogP contribution in [0.1, 0.15) is 34.9 Å². The van der Waals surface area contributed by atoms with Gasteiger partial charge in [0.25, 0.3) is 5.91 Å². The first kappa shape index (κ1) is 15.5. The van der Waals surface area contributed by atoms with Crippen molar-refractivity contribution in [2.75, 3.05) is 18.4 Å². The van der Waals surface area contributed by atoms with Gasteiger partial charge in [0.15, 0.2) is 5.82 Å². The van der Waals surface area contributed by atoms with Gasteiger partial charge in [-0.05, 0) is 32.0 Å². The first-order chi connectivity index (χ1) is 9.74. The molecule has 0 radical (unpaired) electrons. The van der Waals surface area contributed by atoms with Crippen LogP contribution in [0.2, 0.25) is 0 Å². The second kappa shape index (κ2) is 6.73. The summed E-state index contributed by atoms with van der Waals surface area (Å²) >= 11 is 0.